The molecular weight excluding hydrogens is 159 g/mol. The third-order valence-corrected chi connectivity index (χ3v) is 0.235. The Morgan fingerprint density at radius 1 is 1.57 bits per heavy atom. The van der Waals surface area contributed by atoms with E-state index in [4.69, 9.17) is 0 Å². The molecule has 0 saturated heterocycles. The summed E-state index contributed by atoms with van der Waals surface area (Å²) in [5, 5.41) is 18.9. The van der Waals surface area contributed by atoms with E-state index in [0.717, 1.165) is 0 Å². The molecule has 0 aromatic carbocycles. The SMILES string of the molecule is CC([O-])C[O-].[Cl-].[Fe+3]. The molecule has 0 aliphatic rings. The van der Waals surface area contributed by atoms with E-state index < -0.39 is 12.7 Å². The van der Waals surface area contributed by atoms with Crippen LogP contribution in [0.3, 0.4) is 0 Å². The third kappa shape index (κ3) is 20.2. The van der Waals surface area contributed by atoms with Gasteiger partial charge >= 0.3 is 17.1 Å². The molecule has 4 heteroatoms. The fourth-order valence-corrected chi connectivity index (χ4v) is 0. The first-order chi connectivity index (χ1) is 2.27. The van der Waals surface area contributed by atoms with Gasteiger partial charge in [-0.25, -0.2) is 0 Å². The van der Waals surface area contributed by atoms with Crippen molar-refractivity contribution in [3.05, 3.63) is 0 Å². The molecule has 1 atom stereocenters. The number of halogens is 1. The van der Waals surface area contributed by atoms with Gasteiger partial charge in [-0.15, -0.1) is 6.10 Å². The summed E-state index contributed by atoms with van der Waals surface area (Å²) in [5.74, 6) is 0. The normalized spacial score (nSPS) is 10.7. The van der Waals surface area contributed by atoms with Gasteiger partial charge < -0.3 is 22.6 Å². The van der Waals surface area contributed by atoms with Gasteiger partial charge in [-0.05, 0) is 0 Å². The zero-order chi connectivity index (χ0) is 4.28. The monoisotopic (exact) mass is 165 g/mol. The van der Waals surface area contributed by atoms with Gasteiger partial charge in [-0.2, -0.15) is 6.61 Å². The van der Waals surface area contributed by atoms with Crippen molar-refractivity contribution in [3.8, 4) is 0 Å². The first-order valence-electron chi connectivity index (χ1n) is 1.51. The van der Waals surface area contributed by atoms with E-state index in [1.807, 2.05) is 0 Å². The minimum atomic E-state index is -0.921. The number of rotatable bonds is 1. The maximum absolute atomic E-state index is 9.58. The van der Waals surface area contributed by atoms with Crippen molar-refractivity contribution >= 4 is 0 Å². The van der Waals surface area contributed by atoms with Crippen LogP contribution in [-0.4, -0.2) is 12.7 Å². The summed E-state index contributed by atoms with van der Waals surface area (Å²) in [5.41, 5.74) is 0. The van der Waals surface area contributed by atoms with E-state index in [1.54, 1.807) is 0 Å². The van der Waals surface area contributed by atoms with Gasteiger partial charge in [-0.1, -0.05) is 6.92 Å². The van der Waals surface area contributed by atoms with Gasteiger partial charge in [0.05, 0.1) is 0 Å². The summed E-state index contributed by atoms with van der Waals surface area (Å²) in [4.78, 5) is 0. The van der Waals surface area contributed by atoms with Crippen molar-refractivity contribution in [2.75, 3.05) is 6.61 Å². The summed E-state index contributed by atoms with van der Waals surface area (Å²) in [6.07, 6.45) is -0.921. The maximum atomic E-state index is 9.58. The van der Waals surface area contributed by atoms with Crippen molar-refractivity contribution in [1.29, 1.82) is 0 Å². The largest absolute Gasteiger partial charge is 3.00 e. The van der Waals surface area contributed by atoms with Gasteiger partial charge in [0.2, 0.25) is 0 Å². The molecule has 0 fully saturated rings. The van der Waals surface area contributed by atoms with Crippen LogP contribution in [0.2, 0.25) is 0 Å². The van der Waals surface area contributed by atoms with Crippen LogP contribution in [0, 0.1) is 0 Å². The third-order valence-electron chi connectivity index (χ3n) is 0.235. The molecule has 0 heterocycles. The van der Waals surface area contributed by atoms with Crippen LogP contribution in [0.15, 0.2) is 0 Å². The molecule has 0 N–H and O–H groups in total. The Hall–Kier alpha value is 0.729. The molecule has 1 radical (unpaired) electrons. The van der Waals surface area contributed by atoms with Crippen LogP contribution in [-0.2, 0) is 17.1 Å². The predicted octanol–water partition coefficient (Wildman–Crippen LogP) is -4.90. The average molecular weight is 165 g/mol. The molecule has 0 amide bonds. The van der Waals surface area contributed by atoms with Crippen LogP contribution in [0.1, 0.15) is 6.92 Å². The average Bonchev–Trinajstić information content (AvgIpc) is 1.38. The minimum Gasteiger partial charge on any atom is -1.00 e. The fourth-order valence-electron chi connectivity index (χ4n) is 0. The summed E-state index contributed by atoms with van der Waals surface area (Å²) in [6, 6.07) is 0. The Kier molecular flexibility index (Phi) is 22.1. The Labute approximate surface area is 59.8 Å². The first-order valence-corrected chi connectivity index (χ1v) is 1.51. The van der Waals surface area contributed by atoms with E-state index in [-0.39, 0.29) is 29.5 Å². The zero-order valence-corrected chi connectivity index (χ0v) is 5.69. The second kappa shape index (κ2) is 9.88. The van der Waals surface area contributed by atoms with Gasteiger partial charge in [0.25, 0.3) is 0 Å². The molecule has 0 rings (SSSR count). The van der Waals surface area contributed by atoms with Gasteiger partial charge in [0.15, 0.2) is 0 Å². The summed E-state index contributed by atoms with van der Waals surface area (Å²) in [6.45, 7) is 0.854. The number of hydrogen-bond donors (Lipinski definition) is 0. The smallest absolute Gasteiger partial charge is 1.00 e. The summed E-state index contributed by atoms with van der Waals surface area (Å²) >= 11 is 0. The molecule has 0 aliphatic heterocycles. The molecule has 0 aromatic heterocycles. The molecule has 45 valence electrons. The summed E-state index contributed by atoms with van der Waals surface area (Å²) in [7, 11) is 0. The standard InChI is InChI=1S/C3H6O2.ClH.Fe/c1-3(5)2-4;;/h3H,2H2,1H3;1H;/q-2;;+3/p-1. The quantitative estimate of drug-likeness (QED) is 0.366. The molecular formula is C3H6ClFeO2. The van der Waals surface area contributed by atoms with E-state index in [0.29, 0.717) is 0 Å². The molecule has 0 aliphatic carbocycles. The van der Waals surface area contributed by atoms with Crippen LogP contribution < -0.4 is 22.6 Å². The number of hydrogen-bond acceptors (Lipinski definition) is 2. The predicted molar refractivity (Wildman–Crippen MR) is 14.3 cm³/mol. The van der Waals surface area contributed by atoms with Crippen LogP contribution in [0.4, 0.5) is 0 Å². The Morgan fingerprint density at radius 2 is 1.71 bits per heavy atom. The van der Waals surface area contributed by atoms with Crippen LogP contribution in [0.25, 0.3) is 0 Å². The van der Waals surface area contributed by atoms with Gasteiger partial charge in [0, 0.05) is 0 Å². The van der Waals surface area contributed by atoms with Gasteiger partial charge in [0.1, 0.15) is 0 Å². The zero-order valence-electron chi connectivity index (χ0n) is 3.83. The van der Waals surface area contributed by atoms with Crippen molar-refractivity contribution < 1.29 is 39.7 Å². The van der Waals surface area contributed by atoms with E-state index >= 15 is 0 Å². The van der Waals surface area contributed by atoms with Gasteiger partial charge in [-0.3, -0.25) is 0 Å². The first kappa shape index (κ1) is 15.6. The molecule has 0 aromatic rings. The van der Waals surface area contributed by atoms with Crippen molar-refractivity contribution in [2.24, 2.45) is 0 Å². The molecule has 2 nitrogen and oxygen atoms in total. The van der Waals surface area contributed by atoms with Crippen LogP contribution >= 0.6 is 0 Å². The second-order valence-electron chi connectivity index (χ2n) is 0.977. The van der Waals surface area contributed by atoms with Crippen LogP contribution in [0.5, 0.6) is 0 Å². The molecule has 0 saturated carbocycles. The Morgan fingerprint density at radius 3 is 1.71 bits per heavy atom. The maximum Gasteiger partial charge on any atom is 3.00 e. The van der Waals surface area contributed by atoms with Crippen molar-refractivity contribution in [2.45, 2.75) is 13.0 Å². The molecule has 0 bridgehead atoms. The van der Waals surface area contributed by atoms with E-state index in [9.17, 15) is 10.2 Å². The minimum absolute atomic E-state index is 0. The van der Waals surface area contributed by atoms with Crippen molar-refractivity contribution in [1.82, 2.24) is 0 Å². The summed E-state index contributed by atoms with van der Waals surface area (Å²) < 4.78 is 0. The molecule has 7 heavy (non-hydrogen) atoms. The Balaban J connectivity index is -0.0000000800. The second-order valence-corrected chi connectivity index (χ2v) is 0.977. The fraction of sp³-hybridized carbons (Fsp3) is 1.00. The van der Waals surface area contributed by atoms with Crippen molar-refractivity contribution in [3.63, 3.8) is 0 Å². The topological polar surface area (TPSA) is 46.1 Å². The van der Waals surface area contributed by atoms with E-state index in [1.165, 1.54) is 6.92 Å². The molecule has 1 unspecified atom stereocenters. The molecule has 0 spiro atoms. The van der Waals surface area contributed by atoms with E-state index in [2.05, 4.69) is 0 Å². The Bertz CT molecular complexity index is 26.9.